The second kappa shape index (κ2) is 16.5. The summed E-state index contributed by atoms with van der Waals surface area (Å²) in [5.41, 5.74) is 0.948. The topological polar surface area (TPSA) is 129 Å². The predicted molar refractivity (Wildman–Crippen MR) is 185 cm³/mol. The molecule has 5 rings (SSSR count). The van der Waals surface area contributed by atoms with Gasteiger partial charge in [-0.1, -0.05) is 24.5 Å². The van der Waals surface area contributed by atoms with Gasteiger partial charge in [-0.15, -0.1) is 5.10 Å². The third-order valence-electron chi connectivity index (χ3n) is 9.15. The number of pyridine rings is 1. The summed E-state index contributed by atoms with van der Waals surface area (Å²) in [5.74, 6) is 1.21. The number of carbonyl (C=O) groups is 1. The highest BCUT2D eigenvalue weighted by Gasteiger charge is 2.27. The van der Waals surface area contributed by atoms with Crippen molar-refractivity contribution in [2.45, 2.75) is 109 Å². The first-order valence-corrected chi connectivity index (χ1v) is 17.5. The van der Waals surface area contributed by atoms with E-state index in [1.54, 1.807) is 11.1 Å². The van der Waals surface area contributed by atoms with Gasteiger partial charge in [-0.25, -0.2) is 9.78 Å². The number of hydrogen-bond donors (Lipinski definition) is 2. The van der Waals surface area contributed by atoms with E-state index in [-0.39, 0.29) is 12.1 Å². The summed E-state index contributed by atoms with van der Waals surface area (Å²) in [4.78, 5) is 33.2. The molecule has 0 radical (unpaired) electrons. The predicted octanol–water partition coefficient (Wildman–Crippen LogP) is 5.02. The molecule has 0 spiro atoms. The standard InChI is InChI=1S/C34H55N11O2/c1-34(2,3)47-33(46)44-22-15-26(16-23-44)37-31-29-14-9-17-35-30(29)38-32(39-31)36-24-27-25-45(41-40-27)21-11-19-42(4)18-10-20-43(5)28-12-7-6-8-13-28/h9,14,17,25-26,28H,6-8,10-13,15-16,18-24H2,1-5H3,(H2,35,36,37,38,39). The molecule has 3 aromatic rings. The summed E-state index contributed by atoms with van der Waals surface area (Å²) < 4.78 is 7.47. The molecule has 13 nitrogen and oxygen atoms in total. The molecular weight excluding hydrogens is 594 g/mol. The first kappa shape index (κ1) is 34.7. The molecule has 0 atom stereocenters. The van der Waals surface area contributed by atoms with Crippen molar-refractivity contribution >= 4 is 28.9 Å². The SMILES string of the molecule is CN(CCCN(C)C1CCCCC1)CCCn1cc(CNc2nc(NC3CCN(C(=O)OC(C)(C)C)CC3)c3cccnc3n2)nn1. The lowest BCUT2D eigenvalue weighted by atomic mass is 9.94. The smallest absolute Gasteiger partial charge is 0.410 e. The number of likely N-dealkylation sites (tertiary alicyclic amines) is 1. The van der Waals surface area contributed by atoms with Crippen LogP contribution in [0, 0.1) is 0 Å². The van der Waals surface area contributed by atoms with Crippen LogP contribution in [0.15, 0.2) is 24.5 Å². The van der Waals surface area contributed by atoms with Crippen molar-refractivity contribution in [1.29, 1.82) is 0 Å². The molecule has 2 N–H and O–H groups in total. The average Bonchev–Trinajstić information content (AvgIpc) is 3.51. The molecule has 1 aliphatic carbocycles. The lowest BCUT2D eigenvalue weighted by Crippen LogP contribution is -2.44. The van der Waals surface area contributed by atoms with Crippen LogP contribution in [-0.4, -0.2) is 115 Å². The van der Waals surface area contributed by atoms with Crippen molar-refractivity contribution < 1.29 is 9.53 Å². The maximum absolute atomic E-state index is 12.5. The van der Waals surface area contributed by atoms with Crippen LogP contribution in [0.2, 0.25) is 0 Å². The molecule has 1 aliphatic heterocycles. The Hall–Kier alpha value is -3.58. The summed E-state index contributed by atoms with van der Waals surface area (Å²) in [6.45, 7) is 11.5. The van der Waals surface area contributed by atoms with Crippen LogP contribution in [0.5, 0.6) is 0 Å². The average molecular weight is 650 g/mol. The van der Waals surface area contributed by atoms with E-state index in [4.69, 9.17) is 9.72 Å². The van der Waals surface area contributed by atoms with Crippen molar-refractivity contribution in [1.82, 2.24) is 44.6 Å². The minimum absolute atomic E-state index is 0.168. The number of ether oxygens (including phenoxy) is 1. The van der Waals surface area contributed by atoms with Gasteiger partial charge in [-0.2, -0.15) is 9.97 Å². The van der Waals surface area contributed by atoms with Crippen molar-refractivity contribution in [2.75, 3.05) is 57.5 Å². The van der Waals surface area contributed by atoms with Gasteiger partial charge in [-0.3, -0.25) is 4.68 Å². The molecule has 1 amide bonds. The van der Waals surface area contributed by atoms with E-state index >= 15 is 0 Å². The van der Waals surface area contributed by atoms with Crippen LogP contribution in [0.4, 0.5) is 16.6 Å². The van der Waals surface area contributed by atoms with Gasteiger partial charge >= 0.3 is 6.09 Å². The zero-order valence-corrected chi connectivity index (χ0v) is 29.1. The van der Waals surface area contributed by atoms with Crippen molar-refractivity contribution in [3.8, 4) is 0 Å². The Morgan fingerprint density at radius 2 is 1.79 bits per heavy atom. The van der Waals surface area contributed by atoms with E-state index in [1.165, 1.54) is 45.1 Å². The van der Waals surface area contributed by atoms with Crippen LogP contribution >= 0.6 is 0 Å². The molecule has 2 aliphatic rings. The number of hydrogen-bond acceptors (Lipinski definition) is 11. The lowest BCUT2D eigenvalue weighted by molar-refractivity contribution is 0.0210. The Morgan fingerprint density at radius 1 is 1.02 bits per heavy atom. The zero-order valence-electron chi connectivity index (χ0n) is 29.1. The largest absolute Gasteiger partial charge is 0.444 e. The zero-order chi connectivity index (χ0) is 33.2. The van der Waals surface area contributed by atoms with E-state index in [1.807, 2.05) is 43.8 Å². The third-order valence-corrected chi connectivity index (χ3v) is 9.15. The number of amides is 1. The summed E-state index contributed by atoms with van der Waals surface area (Å²) in [6, 6.07) is 4.82. The maximum atomic E-state index is 12.5. The van der Waals surface area contributed by atoms with Crippen LogP contribution in [-0.2, 0) is 17.8 Å². The summed E-state index contributed by atoms with van der Waals surface area (Å²) in [6.07, 6.45) is 14.2. The first-order chi connectivity index (χ1) is 22.6. The van der Waals surface area contributed by atoms with Gasteiger partial charge in [-0.05, 0) is 105 Å². The number of piperidine rings is 1. The van der Waals surface area contributed by atoms with Gasteiger partial charge < -0.3 is 30.1 Å². The van der Waals surface area contributed by atoms with E-state index in [0.717, 1.165) is 61.8 Å². The lowest BCUT2D eigenvalue weighted by Gasteiger charge is -2.34. The fourth-order valence-electron chi connectivity index (χ4n) is 6.48. The summed E-state index contributed by atoms with van der Waals surface area (Å²) in [7, 11) is 4.51. The maximum Gasteiger partial charge on any atom is 0.410 e. The molecule has 2 fully saturated rings. The monoisotopic (exact) mass is 649 g/mol. The number of aryl methyl sites for hydroxylation is 1. The molecule has 0 bridgehead atoms. The first-order valence-electron chi connectivity index (χ1n) is 17.5. The van der Waals surface area contributed by atoms with Crippen LogP contribution in [0.1, 0.15) is 84.3 Å². The Morgan fingerprint density at radius 3 is 2.55 bits per heavy atom. The molecule has 3 aromatic heterocycles. The molecule has 1 saturated heterocycles. The molecular formula is C34H55N11O2. The fourth-order valence-corrected chi connectivity index (χ4v) is 6.48. The number of rotatable bonds is 14. The number of nitrogens with one attached hydrogen (secondary N) is 2. The Labute approximate surface area is 279 Å². The van der Waals surface area contributed by atoms with Gasteiger partial charge in [0.1, 0.15) is 17.1 Å². The fraction of sp³-hybridized carbons (Fsp3) is 0.706. The van der Waals surface area contributed by atoms with Gasteiger partial charge in [0.2, 0.25) is 5.95 Å². The highest BCUT2D eigenvalue weighted by Crippen LogP contribution is 2.25. The second-order valence-corrected chi connectivity index (χ2v) is 14.3. The number of anilines is 2. The minimum Gasteiger partial charge on any atom is -0.444 e. The third kappa shape index (κ3) is 10.7. The molecule has 258 valence electrons. The van der Waals surface area contributed by atoms with E-state index in [9.17, 15) is 4.79 Å². The van der Waals surface area contributed by atoms with Gasteiger partial charge in [0, 0.05) is 37.9 Å². The highest BCUT2D eigenvalue weighted by atomic mass is 16.6. The number of fused-ring (bicyclic) bond motifs is 1. The quantitative estimate of drug-likeness (QED) is 0.244. The summed E-state index contributed by atoms with van der Waals surface area (Å²) in [5, 5.41) is 16.5. The van der Waals surface area contributed by atoms with E-state index in [0.29, 0.717) is 31.2 Å². The molecule has 0 unspecified atom stereocenters. The number of aromatic nitrogens is 6. The second-order valence-electron chi connectivity index (χ2n) is 14.3. The Bertz CT molecular complexity index is 1410. The molecule has 47 heavy (non-hydrogen) atoms. The van der Waals surface area contributed by atoms with Crippen molar-refractivity contribution in [2.24, 2.45) is 0 Å². The normalized spacial score (nSPS) is 16.7. The van der Waals surface area contributed by atoms with Crippen molar-refractivity contribution in [3.63, 3.8) is 0 Å². The van der Waals surface area contributed by atoms with Gasteiger partial charge in [0.25, 0.3) is 0 Å². The molecule has 4 heterocycles. The van der Waals surface area contributed by atoms with E-state index in [2.05, 4.69) is 54.8 Å². The number of carbonyl (C=O) groups excluding carboxylic acids is 1. The van der Waals surface area contributed by atoms with Crippen molar-refractivity contribution in [3.05, 3.63) is 30.2 Å². The van der Waals surface area contributed by atoms with Crippen LogP contribution < -0.4 is 10.6 Å². The van der Waals surface area contributed by atoms with Crippen LogP contribution in [0.3, 0.4) is 0 Å². The van der Waals surface area contributed by atoms with Gasteiger partial charge in [0.15, 0.2) is 5.65 Å². The molecule has 0 aromatic carbocycles. The number of nitrogens with zero attached hydrogens (tertiary/aromatic N) is 9. The van der Waals surface area contributed by atoms with E-state index < -0.39 is 5.60 Å². The minimum atomic E-state index is -0.502. The summed E-state index contributed by atoms with van der Waals surface area (Å²) >= 11 is 0. The van der Waals surface area contributed by atoms with Gasteiger partial charge in [0.05, 0.1) is 18.1 Å². The Kier molecular flexibility index (Phi) is 12.2. The molecule has 1 saturated carbocycles. The highest BCUT2D eigenvalue weighted by molar-refractivity contribution is 5.87. The Balaban J connectivity index is 1.06. The van der Waals surface area contributed by atoms with Crippen LogP contribution in [0.25, 0.3) is 11.0 Å². The molecule has 13 heteroatoms.